The summed E-state index contributed by atoms with van der Waals surface area (Å²) in [5, 5.41) is 0. The lowest BCUT2D eigenvalue weighted by Crippen LogP contribution is -2.24. The highest BCUT2D eigenvalue weighted by Crippen LogP contribution is 2.65. The quantitative estimate of drug-likeness (QED) is 0.745. The molecule has 0 amide bonds. The van der Waals surface area contributed by atoms with Crippen LogP contribution in [0, 0.1) is 0 Å². The highest BCUT2D eigenvalue weighted by molar-refractivity contribution is 8.70. The van der Waals surface area contributed by atoms with Crippen LogP contribution in [0.4, 0.5) is 5.82 Å². The number of ether oxygens (including phenoxy) is 1. The maximum Gasteiger partial charge on any atom is 0.245 e. The molecular formula is C11H17N4OPS2. The molecule has 2 aliphatic heterocycles. The topological polar surface area (TPSA) is 42.6 Å². The summed E-state index contributed by atoms with van der Waals surface area (Å²) in [5.74, 6) is 2.84. The number of aromatic nitrogens is 2. The summed E-state index contributed by atoms with van der Waals surface area (Å²) < 4.78 is 14.5. The molecule has 3 rings (SSSR count). The Bertz CT molecular complexity index is 598. The molecule has 104 valence electrons. The number of hydrogen-bond donors (Lipinski definition) is 0. The molecular weight excluding hydrogens is 299 g/mol. The predicted molar refractivity (Wildman–Crippen MR) is 84.9 cm³/mol. The van der Waals surface area contributed by atoms with Gasteiger partial charge in [0, 0.05) is 20.0 Å². The maximum absolute atomic E-state index is 5.76. The highest BCUT2D eigenvalue weighted by atomic mass is 32.9. The summed E-state index contributed by atoms with van der Waals surface area (Å²) in [7, 11) is 3.68. The van der Waals surface area contributed by atoms with Gasteiger partial charge in [0.1, 0.15) is 11.6 Å². The Morgan fingerprint density at radius 3 is 2.89 bits per heavy atom. The molecule has 0 aliphatic carbocycles. The summed E-state index contributed by atoms with van der Waals surface area (Å²) in [4.78, 5) is 4.72. The van der Waals surface area contributed by atoms with E-state index in [1.165, 1.54) is 12.8 Å². The van der Waals surface area contributed by atoms with Crippen molar-refractivity contribution in [2.75, 3.05) is 25.1 Å². The first-order chi connectivity index (χ1) is 9.10. The molecule has 19 heavy (non-hydrogen) atoms. The smallest absolute Gasteiger partial charge is 0.245 e. The molecule has 0 fully saturated rings. The molecule has 0 spiro atoms. The van der Waals surface area contributed by atoms with E-state index in [0.29, 0.717) is 5.90 Å². The molecule has 1 atom stereocenters. The molecule has 8 heteroatoms. The van der Waals surface area contributed by atoms with Gasteiger partial charge in [0.25, 0.3) is 0 Å². The SMILES string of the molecule is COC1=NP(=S)(SC)N(C)c2c1nc1n2CCCC1. The normalized spacial score (nSPS) is 25.6. The average Bonchev–Trinajstić information content (AvgIpc) is 2.82. The molecule has 0 bridgehead atoms. The molecule has 3 heterocycles. The second-order valence-electron chi connectivity index (χ2n) is 4.62. The van der Waals surface area contributed by atoms with Crippen molar-refractivity contribution in [2.45, 2.75) is 25.8 Å². The van der Waals surface area contributed by atoms with Crippen molar-refractivity contribution in [3.63, 3.8) is 0 Å². The average molecular weight is 316 g/mol. The molecule has 0 N–H and O–H groups in total. The Morgan fingerprint density at radius 2 is 2.21 bits per heavy atom. The van der Waals surface area contributed by atoms with Crippen LogP contribution in [0.2, 0.25) is 0 Å². The summed E-state index contributed by atoms with van der Waals surface area (Å²) in [5.41, 5.74) is -1.16. The summed E-state index contributed by atoms with van der Waals surface area (Å²) in [6.45, 7) is 1.02. The number of rotatable bonds is 1. The molecule has 1 aromatic heterocycles. The number of nitrogens with zero attached hydrogens (tertiary/aromatic N) is 4. The van der Waals surface area contributed by atoms with Gasteiger partial charge in [-0.25, -0.2) is 4.98 Å². The van der Waals surface area contributed by atoms with Gasteiger partial charge < -0.3 is 14.0 Å². The summed E-state index contributed by atoms with van der Waals surface area (Å²) in [6, 6.07) is 0. The van der Waals surface area contributed by atoms with Crippen LogP contribution in [-0.4, -0.2) is 35.9 Å². The van der Waals surface area contributed by atoms with Crippen LogP contribution in [0.15, 0.2) is 4.76 Å². The Kier molecular flexibility index (Phi) is 3.39. The number of anilines is 1. The van der Waals surface area contributed by atoms with Crippen LogP contribution >= 0.6 is 16.9 Å². The Labute approximate surface area is 122 Å². The van der Waals surface area contributed by atoms with Crippen molar-refractivity contribution in [1.82, 2.24) is 9.55 Å². The zero-order chi connectivity index (χ0) is 13.6. The first kappa shape index (κ1) is 13.5. The van der Waals surface area contributed by atoms with Crippen molar-refractivity contribution in [1.29, 1.82) is 0 Å². The van der Waals surface area contributed by atoms with Crippen molar-refractivity contribution in [3.8, 4) is 0 Å². The van der Waals surface area contributed by atoms with Crippen LogP contribution in [0.5, 0.6) is 0 Å². The van der Waals surface area contributed by atoms with Crippen LogP contribution in [0.25, 0.3) is 0 Å². The Hall–Kier alpha value is -0.520. The van der Waals surface area contributed by atoms with Crippen LogP contribution in [0.1, 0.15) is 24.4 Å². The third-order valence-corrected chi connectivity index (χ3v) is 10.2. The van der Waals surface area contributed by atoms with Gasteiger partial charge in [-0.1, -0.05) is 11.4 Å². The van der Waals surface area contributed by atoms with Gasteiger partial charge in [-0.2, -0.15) is 4.76 Å². The zero-order valence-corrected chi connectivity index (χ0v) is 13.8. The molecule has 1 aromatic rings. The van der Waals surface area contributed by atoms with Gasteiger partial charge in [0.05, 0.1) is 7.11 Å². The molecule has 1 unspecified atom stereocenters. The van der Waals surface area contributed by atoms with Crippen LogP contribution < -0.4 is 4.67 Å². The lowest BCUT2D eigenvalue weighted by Gasteiger charge is -2.33. The lowest BCUT2D eigenvalue weighted by atomic mass is 10.2. The largest absolute Gasteiger partial charge is 0.479 e. The summed E-state index contributed by atoms with van der Waals surface area (Å²) >= 11 is 7.40. The number of aryl methyl sites for hydroxylation is 1. The van der Waals surface area contributed by atoms with E-state index in [4.69, 9.17) is 21.5 Å². The van der Waals surface area contributed by atoms with Gasteiger partial charge in [0.15, 0.2) is 5.69 Å². The van der Waals surface area contributed by atoms with E-state index < -0.39 is 5.54 Å². The third kappa shape index (κ3) is 1.94. The fourth-order valence-electron chi connectivity index (χ4n) is 2.59. The van der Waals surface area contributed by atoms with E-state index in [1.54, 1.807) is 18.5 Å². The minimum atomic E-state index is -2.02. The van der Waals surface area contributed by atoms with Crippen LogP contribution in [0.3, 0.4) is 0 Å². The Balaban J connectivity index is 2.22. The van der Waals surface area contributed by atoms with Gasteiger partial charge >= 0.3 is 0 Å². The number of fused-ring (bicyclic) bond motifs is 3. The molecule has 5 nitrogen and oxygen atoms in total. The van der Waals surface area contributed by atoms with E-state index in [9.17, 15) is 0 Å². The highest BCUT2D eigenvalue weighted by Gasteiger charge is 2.37. The van der Waals surface area contributed by atoms with Crippen molar-refractivity contribution >= 4 is 40.4 Å². The molecule has 0 aromatic carbocycles. The summed E-state index contributed by atoms with van der Waals surface area (Å²) in [6.07, 6.45) is 5.45. The van der Waals surface area contributed by atoms with E-state index in [1.807, 2.05) is 13.3 Å². The van der Waals surface area contributed by atoms with Gasteiger partial charge in [-0.05, 0) is 30.9 Å². The minimum Gasteiger partial charge on any atom is -0.479 e. The van der Waals surface area contributed by atoms with Gasteiger partial charge in [-0.15, -0.1) is 0 Å². The standard InChI is InChI=1S/C11H17N4OPS2/c1-14-11-9(10(16-2)13-17(14,18)19-3)12-8-6-4-5-7-15(8)11/h4-7H2,1-3H3. The lowest BCUT2D eigenvalue weighted by molar-refractivity contribution is 0.404. The first-order valence-electron chi connectivity index (χ1n) is 6.24. The second-order valence-corrected chi connectivity index (χ2v) is 11.6. The van der Waals surface area contributed by atoms with Gasteiger partial charge in [-0.3, -0.25) is 0 Å². The van der Waals surface area contributed by atoms with Crippen molar-refractivity contribution in [2.24, 2.45) is 4.76 Å². The van der Waals surface area contributed by atoms with E-state index in [0.717, 1.165) is 30.3 Å². The number of imidazole rings is 1. The monoisotopic (exact) mass is 316 g/mol. The molecule has 2 aliphatic rings. The molecule has 0 saturated heterocycles. The number of hydrogen-bond acceptors (Lipinski definition) is 4. The fraction of sp³-hybridized carbons (Fsp3) is 0.636. The second kappa shape index (κ2) is 4.79. The van der Waals surface area contributed by atoms with Gasteiger partial charge in [0.2, 0.25) is 11.4 Å². The zero-order valence-electron chi connectivity index (χ0n) is 11.3. The van der Waals surface area contributed by atoms with Crippen LogP contribution in [-0.2, 0) is 29.5 Å². The maximum atomic E-state index is 5.76. The number of methoxy groups -OCH3 is 1. The van der Waals surface area contributed by atoms with E-state index in [-0.39, 0.29) is 0 Å². The Morgan fingerprint density at radius 1 is 1.42 bits per heavy atom. The molecule has 0 radical (unpaired) electrons. The molecule has 0 saturated carbocycles. The van der Waals surface area contributed by atoms with Crippen molar-refractivity contribution < 1.29 is 4.74 Å². The van der Waals surface area contributed by atoms with Crippen molar-refractivity contribution in [3.05, 3.63) is 11.5 Å². The van der Waals surface area contributed by atoms with E-state index in [2.05, 4.69) is 14.0 Å². The third-order valence-electron chi connectivity index (χ3n) is 3.59. The van der Waals surface area contributed by atoms with E-state index >= 15 is 0 Å². The first-order valence-corrected chi connectivity index (χ1v) is 10.8. The fourth-order valence-corrected chi connectivity index (χ4v) is 5.79. The minimum absolute atomic E-state index is 0.604. The predicted octanol–water partition coefficient (Wildman–Crippen LogP) is 2.65.